The molecule has 0 aromatic heterocycles. The molecule has 1 atom stereocenters. The van der Waals surface area contributed by atoms with Gasteiger partial charge in [0.25, 0.3) is 0 Å². The van der Waals surface area contributed by atoms with Gasteiger partial charge in [0.05, 0.1) is 11.5 Å². The fraction of sp³-hybridized carbons (Fsp3) is 0.526. The fourth-order valence-electron chi connectivity index (χ4n) is 2.78. The molecule has 26 heavy (non-hydrogen) atoms. The summed E-state index contributed by atoms with van der Waals surface area (Å²) in [6, 6.07) is 6.37. The molecule has 0 spiro atoms. The van der Waals surface area contributed by atoms with Crippen molar-refractivity contribution in [2.24, 2.45) is 5.92 Å². The van der Waals surface area contributed by atoms with Crippen LogP contribution in [0.2, 0.25) is 0 Å². The van der Waals surface area contributed by atoms with Crippen molar-refractivity contribution in [1.29, 1.82) is 0 Å². The van der Waals surface area contributed by atoms with Crippen LogP contribution in [0, 0.1) is 5.92 Å². The third-order valence-corrected chi connectivity index (χ3v) is 4.11. The number of carbonyl (C=O) groups is 3. The Hall–Kier alpha value is -2.57. The molecule has 0 saturated carbocycles. The van der Waals surface area contributed by atoms with Crippen LogP contribution in [0.1, 0.15) is 49.5 Å². The van der Waals surface area contributed by atoms with E-state index in [2.05, 4.69) is 5.32 Å². The number of hydrogen-bond donors (Lipinski definition) is 2. The van der Waals surface area contributed by atoms with Gasteiger partial charge in [0.2, 0.25) is 5.91 Å². The molecule has 7 nitrogen and oxygen atoms in total. The van der Waals surface area contributed by atoms with E-state index in [0.29, 0.717) is 19.6 Å². The molecular weight excluding hydrogens is 336 g/mol. The van der Waals surface area contributed by atoms with E-state index in [1.54, 1.807) is 17.0 Å². The number of carboxylic acids is 1. The Labute approximate surface area is 153 Å². The van der Waals surface area contributed by atoms with Crippen LogP contribution < -0.4 is 5.32 Å². The summed E-state index contributed by atoms with van der Waals surface area (Å²) in [5.41, 5.74) is 0.470. The van der Waals surface area contributed by atoms with Gasteiger partial charge < -0.3 is 20.1 Å². The Kier molecular flexibility index (Phi) is 6.23. The highest BCUT2D eigenvalue weighted by atomic mass is 16.6. The normalized spacial score (nSPS) is 17.5. The molecule has 2 N–H and O–H groups in total. The van der Waals surface area contributed by atoms with Gasteiger partial charge in [0, 0.05) is 19.6 Å². The van der Waals surface area contributed by atoms with Crippen LogP contribution in [0.4, 0.5) is 4.79 Å². The van der Waals surface area contributed by atoms with Crippen LogP contribution in [0.25, 0.3) is 0 Å². The van der Waals surface area contributed by atoms with E-state index < -0.39 is 11.6 Å². The molecule has 2 rings (SSSR count). The molecule has 0 radical (unpaired) electrons. The molecule has 142 valence electrons. The number of amides is 2. The van der Waals surface area contributed by atoms with Gasteiger partial charge in [0.1, 0.15) is 5.60 Å². The number of hydrogen-bond acceptors (Lipinski definition) is 4. The van der Waals surface area contributed by atoms with Crippen molar-refractivity contribution in [3.8, 4) is 0 Å². The van der Waals surface area contributed by atoms with E-state index in [9.17, 15) is 14.4 Å². The highest BCUT2D eigenvalue weighted by molar-refractivity contribution is 5.87. The van der Waals surface area contributed by atoms with Crippen molar-refractivity contribution in [1.82, 2.24) is 10.2 Å². The standard InChI is InChI=1S/C19H26N2O5/c1-19(2,3)26-18(25)21-10-4-5-15(12-21)16(22)20-11-13-6-8-14(9-7-13)17(23)24/h6-9,15H,4-5,10-12H2,1-3H3,(H,20,22)(H,23,24). The van der Waals surface area contributed by atoms with Gasteiger partial charge in [-0.15, -0.1) is 0 Å². The molecule has 0 aliphatic carbocycles. The maximum absolute atomic E-state index is 12.4. The lowest BCUT2D eigenvalue weighted by atomic mass is 9.97. The van der Waals surface area contributed by atoms with Gasteiger partial charge in [-0.2, -0.15) is 0 Å². The van der Waals surface area contributed by atoms with Gasteiger partial charge in [-0.3, -0.25) is 4.79 Å². The maximum atomic E-state index is 12.4. The fourth-order valence-corrected chi connectivity index (χ4v) is 2.78. The number of carboxylic acid groups (broad SMARTS) is 1. The molecule has 1 unspecified atom stereocenters. The van der Waals surface area contributed by atoms with Crippen molar-refractivity contribution in [2.75, 3.05) is 13.1 Å². The summed E-state index contributed by atoms with van der Waals surface area (Å²) in [6.45, 7) is 6.70. The van der Waals surface area contributed by atoms with E-state index in [1.807, 2.05) is 20.8 Å². The lowest BCUT2D eigenvalue weighted by molar-refractivity contribution is -0.126. The van der Waals surface area contributed by atoms with Crippen LogP contribution in [-0.4, -0.2) is 46.7 Å². The summed E-state index contributed by atoms with van der Waals surface area (Å²) in [5, 5.41) is 11.8. The summed E-state index contributed by atoms with van der Waals surface area (Å²) < 4.78 is 5.37. The van der Waals surface area contributed by atoms with E-state index >= 15 is 0 Å². The molecule has 7 heteroatoms. The van der Waals surface area contributed by atoms with Gasteiger partial charge in [-0.1, -0.05) is 12.1 Å². The maximum Gasteiger partial charge on any atom is 0.410 e. The van der Waals surface area contributed by atoms with E-state index in [0.717, 1.165) is 18.4 Å². The summed E-state index contributed by atoms with van der Waals surface area (Å²) in [4.78, 5) is 37.0. The predicted octanol–water partition coefficient (Wildman–Crippen LogP) is 2.65. The highest BCUT2D eigenvalue weighted by Crippen LogP contribution is 2.19. The van der Waals surface area contributed by atoms with Crippen molar-refractivity contribution < 1.29 is 24.2 Å². The first-order valence-electron chi connectivity index (χ1n) is 8.73. The second kappa shape index (κ2) is 8.21. The number of nitrogens with one attached hydrogen (secondary N) is 1. The zero-order valence-corrected chi connectivity index (χ0v) is 15.4. The summed E-state index contributed by atoms with van der Waals surface area (Å²) in [7, 11) is 0. The molecule has 2 amide bonds. The monoisotopic (exact) mass is 362 g/mol. The minimum absolute atomic E-state index is 0.111. The minimum atomic E-state index is -0.981. The van der Waals surface area contributed by atoms with Crippen LogP contribution in [0.15, 0.2) is 24.3 Å². The molecular formula is C19H26N2O5. The van der Waals surface area contributed by atoms with Crippen LogP contribution in [0.5, 0.6) is 0 Å². The first kappa shape index (κ1) is 19.8. The Morgan fingerprint density at radius 2 is 1.88 bits per heavy atom. The lowest BCUT2D eigenvalue weighted by Gasteiger charge is -2.33. The van der Waals surface area contributed by atoms with Crippen molar-refractivity contribution in [3.05, 3.63) is 35.4 Å². The van der Waals surface area contributed by atoms with Gasteiger partial charge in [-0.25, -0.2) is 9.59 Å². The third-order valence-electron chi connectivity index (χ3n) is 4.11. The predicted molar refractivity (Wildman–Crippen MR) is 95.8 cm³/mol. The number of benzene rings is 1. The van der Waals surface area contributed by atoms with Crippen LogP contribution >= 0.6 is 0 Å². The largest absolute Gasteiger partial charge is 0.478 e. The SMILES string of the molecule is CC(C)(C)OC(=O)N1CCCC(C(=O)NCc2ccc(C(=O)O)cc2)C1. The summed E-state index contributed by atoms with van der Waals surface area (Å²) >= 11 is 0. The number of rotatable bonds is 4. The van der Waals surface area contributed by atoms with Crippen molar-refractivity contribution in [3.63, 3.8) is 0 Å². The smallest absolute Gasteiger partial charge is 0.410 e. The van der Waals surface area contributed by atoms with Crippen LogP contribution in [0.3, 0.4) is 0 Å². The zero-order valence-electron chi connectivity index (χ0n) is 15.4. The Balaban J connectivity index is 1.86. The Morgan fingerprint density at radius 1 is 1.23 bits per heavy atom. The summed E-state index contributed by atoms with van der Waals surface area (Å²) in [6.07, 6.45) is 1.09. The lowest BCUT2D eigenvalue weighted by Crippen LogP contribution is -2.46. The minimum Gasteiger partial charge on any atom is -0.478 e. The summed E-state index contributed by atoms with van der Waals surface area (Å²) in [5.74, 6) is -1.36. The number of likely N-dealkylation sites (tertiary alicyclic amines) is 1. The van der Waals surface area contributed by atoms with Crippen LogP contribution in [-0.2, 0) is 16.1 Å². The number of aromatic carboxylic acids is 1. The molecule has 1 saturated heterocycles. The molecule has 1 aliphatic heterocycles. The number of nitrogens with zero attached hydrogens (tertiary/aromatic N) is 1. The quantitative estimate of drug-likeness (QED) is 0.858. The van der Waals surface area contributed by atoms with Gasteiger partial charge in [-0.05, 0) is 51.3 Å². The van der Waals surface area contributed by atoms with Crippen molar-refractivity contribution >= 4 is 18.0 Å². The average molecular weight is 362 g/mol. The second-order valence-corrected chi connectivity index (χ2v) is 7.49. The molecule has 1 aliphatic rings. The molecule has 1 fully saturated rings. The second-order valence-electron chi connectivity index (χ2n) is 7.49. The number of ether oxygens (including phenoxy) is 1. The Morgan fingerprint density at radius 3 is 2.46 bits per heavy atom. The topological polar surface area (TPSA) is 95.9 Å². The Bertz CT molecular complexity index is 664. The molecule has 0 bridgehead atoms. The third kappa shape index (κ3) is 5.75. The first-order chi connectivity index (χ1) is 12.2. The molecule has 1 aromatic rings. The van der Waals surface area contributed by atoms with E-state index in [-0.39, 0.29) is 23.5 Å². The number of carbonyl (C=O) groups excluding carboxylic acids is 2. The number of piperidine rings is 1. The van der Waals surface area contributed by atoms with Gasteiger partial charge in [0.15, 0.2) is 0 Å². The molecule has 1 heterocycles. The van der Waals surface area contributed by atoms with Crippen molar-refractivity contribution in [2.45, 2.75) is 45.8 Å². The first-order valence-corrected chi connectivity index (χ1v) is 8.73. The van der Waals surface area contributed by atoms with Gasteiger partial charge >= 0.3 is 12.1 Å². The zero-order chi connectivity index (χ0) is 19.3. The average Bonchev–Trinajstić information content (AvgIpc) is 2.58. The van der Waals surface area contributed by atoms with E-state index in [1.165, 1.54) is 12.1 Å². The van der Waals surface area contributed by atoms with E-state index in [4.69, 9.17) is 9.84 Å². The highest BCUT2D eigenvalue weighted by Gasteiger charge is 2.30. The molecule has 1 aromatic carbocycles.